The summed E-state index contributed by atoms with van der Waals surface area (Å²) in [7, 11) is 1.27. The summed E-state index contributed by atoms with van der Waals surface area (Å²) in [5.74, 6) is -0.862. The van der Waals surface area contributed by atoms with Crippen molar-refractivity contribution >= 4 is 40.9 Å². The summed E-state index contributed by atoms with van der Waals surface area (Å²) in [5.41, 5.74) is 3.59. The van der Waals surface area contributed by atoms with Crippen molar-refractivity contribution in [3.63, 3.8) is 0 Å². The Balaban J connectivity index is 1.71. The zero-order valence-electron chi connectivity index (χ0n) is 16.0. The van der Waals surface area contributed by atoms with Crippen molar-refractivity contribution in [2.75, 3.05) is 18.2 Å². The molecule has 0 radical (unpaired) electrons. The quantitative estimate of drug-likeness (QED) is 0.471. The zero-order valence-corrected chi connectivity index (χ0v) is 17.5. The smallest absolute Gasteiger partial charge is 0.339 e. The maximum atomic E-state index is 12.4. The molecule has 0 saturated heterocycles. The zero-order chi connectivity index (χ0) is 21.0. The Kier molecular flexibility index (Phi) is 6.50. The number of hydrogen-bond donors (Lipinski definition) is 1. The van der Waals surface area contributed by atoms with E-state index in [-0.39, 0.29) is 22.9 Å². The number of benzene rings is 2. The molecule has 29 heavy (non-hydrogen) atoms. The summed E-state index contributed by atoms with van der Waals surface area (Å²) in [6, 6.07) is 10.4. The van der Waals surface area contributed by atoms with Crippen molar-refractivity contribution in [1.82, 2.24) is 20.2 Å². The van der Waals surface area contributed by atoms with Crippen LogP contribution in [0.4, 0.5) is 5.69 Å². The molecule has 1 N–H and O–H groups in total. The van der Waals surface area contributed by atoms with Crippen LogP contribution in [0.2, 0.25) is 5.02 Å². The lowest BCUT2D eigenvalue weighted by molar-refractivity contribution is -0.113. The number of tetrazole rings is 1. The Hall–Kier alpha value is -2.91. The third-order valence-corrected chi connectivity index (χ3v) is 5.32. The van der Waals surface area contributed by atoms with E-state index in [1.165, 1.54) is 36.6 Å². The minimum absolute atomic E-state index is 0.0400. The number of nitrogens with zero attached hydrogens (tertiary/aromatic N) is 4. The molecule has 150 valence electrons. The molecule has 0 aliphatic rings. The van der Waals surface area contributed by atoms with Gasteiger partial charge in [0.15, 0.2) is 0 Å². The lowest BCUT2D eigenvalue weighted by Crippen LogP contribution is -2.17. The molecule has 10 heteroatoms. The number of nitrogens with one attached hydrogen (secondary N) is 1. The van der Waals surface area contributed by atoms with E-state index < -0.39 is 5.97 Å². The molecule has 0 aliphatic carbocycles. The van der Waals surface area contributed by atoms with Crippen LogP contribution in [0, 0.1) is 13.8 Å². The number of carbonyl (C=O) groups excluding carboxylic acids is 2. The Morgan fingerprint density at radius 3 is 2.69 bits per heavy atom. The van der Waals surface area contributed by atoms with Gasteiger partial charge in [-0.2, -0.15) is 4.68 Å². The number of aromatic nitrogens is 4. The Labute approximate surface area is 176 Å². The molecule has 8 nitrogen and oxygen atoms in total. The van der Waals surface area contributed by atoms with Gasteiger partial charge in [-0.3, -0.25) is 4.79 Å². The van der Waals surface area contributed by atoms with Gasteiger partial charge in [0.25, 0.3) is 0 Å². The molecule has 0 unspecified atom stereocenters. The molecule has 1 aromatic heterocycles. The van der Waals surface area contributed by atoms with E-state index in [1.54, 1.807) is 10.7 Å². The van der Waals surface area contributed by atoms with Crippen LogP contribution >= 0.6 is 23.4 Å². The van der Waals surface area contributed by atoms with E-state index in [1.807, 2.05) is 32.0 Å². The number of amides is 1. The summed E-state index contributed by atoms with van der Waals surface area (Å²) in [6.45, 7) is 4.03. The minimum Gasteiger partial charge on any atom is -0.465 e. The molecule has 0 bridgehead atoms. The molecule has 3 rings (SSSR count). The first kappa shape index (κ1) is 20.8. The van der Waals surface area contributed by atoms with E-state index in [2.05, 4.69) is 20.8 Å². The van der Waals surface area contributed by atoms with Crippen LogP contribution in [0.15, 0.2) is 41.6 Å². The predicted molar refractivity (Wildman–Crippen MR) is 111 cm³/mol. The van der Waals surface area contributed by atoms with Crippen LogP contribution in [0.25, 0.3) is 5.69 Å². The van der Waals surface area contributed by atoms with Gasteiger partial charge in [-0.05, 0) is 65.7 Å². The summed E-state index contributed by atoms with van der Waals surface area (Å²) >= 11 is 7.16. The first-order valence-corrected chi connectivity index (χ1v) is 9.92. The lowest BCUT2D eigenvalue weighted by atomic mass is 10.1. The van der Waals surface area contributed by atoms with E-state index in [9.17, 15) is 9.59 Å². The normalized spacial score (nSPS) is 10.6. The fourth-order valence-corrected chi connectivity index (χ4v) is 3.38. The highest BCUT2D eigenvalue weighted by Gasteiger charge is 2.16. The third-order valence-electron chi connectivity index (χ3n) is 4.17. The minimum atomic E-state index is -0.566. The second kappa shape index (κ2) is 9.06. The van der Waals surface area contributed by atoms with Crippen LogP contribution in [-0.4, -0.2) is 44.9 Å². The number of ether oxygens (including phenoxy) is 1. The third kappa shape index (κ3) is 4.93. The molecule has 3 aromatic rings. The monoisotopic (exact) mass is 431 g/mol. The van der Waals surface area contributed by atoms with Gasteiger partial charge in [0.1, 0.15) is 0 Å². The van der Waals surface area contributed by atoms with Crippen molar-refractivity contribution in [2.45, 2.75) is 19.0 Å². The van der Waals surface area contributed by atoms with E-state index in [0.29, 0.717) is 10.2 Å². The highest BCUT2D eigenvalue weighted by Crippen LogP contribution is 2.24. The van der Waals surface area contributed by atoms with Gasteiger partial charge >= 0.3 is 5.97 Å². The highest BCUT2D eigenvalue weighted by atomic mass is 35.5. The number of anilines is 1. The largest absolute Gasteiger partial charge is 0.465 e. The lowest BCUT2D eigenvalue weighted by Gasteiger charge is -2.10. The summed E-state index contributed by atoms with van der Waals surface area (Å²) in [5, 5.41) is 15.2. The number of methoxy groups -OCH3 is 1. The van der Waals surface area contributed by atoms with Gasteiger partial charge in [-0.25, -0.2) is 4.79 Å². The Morgan fingerprint density at radius 2 is 1.97 bits per heavy atom. The van der Waals surface area contributed by atoms with Crippen LogP contribution in [-0.2, 0) is 9.53 Å². The van der Waals surface area contributed by atoms with Gasteiger partial charge in [0, 0.05) is 5.02 Å². The molecular weight excluding hydrogens is 414 g/mol. The molecule has 0 atom stereocenters. The number of hydrogen-bond acceptors (Lipinski definition) is 7. The molecule has 0 spiro atoms. The second-order valence-corrected chi connectivity index (χ2v) is 7.54. The first-order valence-electron chi connectivity index (χ1n) is 8.55. The first-order chi connectivity index (χ1) is 13.9. The van der Waals surface area contributed by atoms with E-state index in [0.717, 1.165) is 11.3 Å². The van der Waals surface area contributed by atoms with Crippen LogP contribution < -0.4 is 5.32 Å². The maximum absolute atomic E-state index is 12.4. The fraction of sp³-hybridized carbons (Fsp3) is 0.211. The molecule has 2 aromatic carbocycles. The second-order valence-electron chi connectivity index (χ2n) is 6.16. The van der Waals surface area contributed by atoms with Crippen molar-refractivity contribution in [3.05, 3.63) is 58.1 Å². The van der Waals surface area contributed by atoms with Gasteiger partial charge in [-0.1, -0.05) is 29.4 Å². The highest BCUT2D eigenvalue weighted by molar-refractivity contribution is 7.99. The number of aryl methyl sites for hydroxylation is 2. The van der Waals surface area contributed by atoms with Crippen molar-refractivity contribution in [1.29, 1.82) is 0 Å². The van der Waals surface area contributed by atoms with Gasteiger partial charge in [0.05, 0.1) is 29.8 Å². The van der Waals surface area contributed by atoms with E-state index >= 15 is 0 Å². The van der Waals surface area contributed by atoms with E-state index in [4.69, 9.17) is 16.3 Å². The summed E-state index contributed by atoms with van der Waals surface area (Å²) in [6.07, 6.45) is 0. The van der Waals surface area contributed by atoms with Crippen molar-refractivity contribution in [3.8, 4) is 5.69 Å². The molecule has 0 saturated carbocycles. The van der Waals surface area contributed by atoms with Gasteiger partial charge < -0.3 is 10.1 Å². The standard InChI is InChI=1S/C19H18ClN5O3S/c1-11-4-6-14(8-12(11)2)25-19(22-23-24-25)29-10-17(26)21-16-9-13(20)5-7-15(16)18(27)28-3/h4-9H,10H2,1-3H3,(H,21,26). The maximum Gasteiger partial charge on any atom is 0.339 e. The molecule has 0 fully saturated rings. The molecule has 1 heterocycles. The van der Waals surface area contributed by atoms with Crippen LogP contribution in [0.1, 0.15) is 21.5 Å². The van der Waals surface area contributed by atoms with Crippen molar-refractivity contribution < 1.29 is 14.3 Å². The topological polar surface area (TPSA) is 99.0 Å². The number of thioether (sulfide) groups is 1. The number of rotatable bonds is 6. The number of halogens is 1. The Bertz CT molecular complexity index is 1070. The molecule has 1 amide bonds. The number of carbonyl (C=O) groups is 2. The predicted octanol–water partition coefficient (Wildman–Crippen LogP) is 3.45. The molecule has 0 aliphatic heterocycles. The Morgan fingerprint density at radius 1 is 1.17 bits per heavy atom. The SMILES string of the molecule is COC(=O)c1ccc(Cl)cc1NC(=O)CSc1nnnn1-c1ccc(C)c(C)c1. The van der Waals surface area contributed by atoms with Gasteiger partial charge in [-0.15, -0.1) is 5.10 Å². The average Bonchev–Trinajstić information content (AvgIpc) is 3.16. The van der Waals surface area contributed by atoms with Crippen LogP contribution in [0.5, 0.6) is 0 Å². The van der Waals surface area contributed by atoms with Gasteiger partial charge in [0.2, 0.25) is 11.1 Å². The van der Waals surface area contributed by atoms with Crippen LogP contribution in [0.3, 0.4) is 0 Å². The molecular formula is C19H18ClN5O3S. The number of esters is 1. The van der Waals surface area contributed by atoms with Crippen molar-refractivity contribution in [2.24, 2.45) is 0 Å². The summed E-state index contributed by atoms with van der Waals surface area (Å²) < 4.78 is 6.30. The average molecular weight is 432 g/mol. The summed E-state index contributed by atoms with van der Waals surface area (Å²) in [4.78, 5) is 24.3. The fourth-order valence-electron chi connectivity index (χ4n) is 2.51.